The summed E-state index contributed by atoms with van der Waals surface area (Å²) < 4.78 is 6.84. The molecule has 1 atom stereocenters. The first-order valence-corrected chi connectivity index (χ1v) is 9.16. The van der Waals surface area contributed by atoms with Crippen LogP contribution in [0.5, 0.6) is 0 Å². The van der Waals surface area contributed by atoms with Gasteiger partial charge in [0.25, 0.3) is 11.5 Å². The van der Waals surface area contributed by atoms with Crippen molar-refractivity contribution in [1.29, 1.82) is 0 Å². The van der Waals surface area contributed by atoms with Crippen molar-refractivity contribution in [2.45, 2.75) is 33.2 Å². The van der Waals surface area contributed by atoms with E-state index < -0.39 is 0 Å². The van der Waals surface area contributed by atoms with Gasteiger partial charge in [0, 0.05) is 38.6 Å². The number of carbonyl (C=O) groups excluding carboxylic acids is 1. The molecule has 0 saturated carbocycles. The highest BCUT2D eigenvalue weighted by Gasteiger charge is 2.24. The van der Waals surface area contributed by atoms with Gasteiger partial charge in [-0.15, -0.1) is 0 Å². The third kappa shape index (κ3) is 4.33. The summed E-state index contributed by atoms with van der Waals surface area (Å²) in [5, 5.41) is 2.92. The maximum atomic E-state index is 12.7. The van der Waals surface area contributed by atoms with Gasteiger partial charge in [-0.25, -0.2) is 4.98 Å². The molecule has 0 aromatic carbocycles. The molecule has 1 N–H and O–H groups in total. The largest absolute Gasteiger partial charge is 0.459 e. The minimum Gasteiger partial charge on any atom is -0.459 e. The first kappa shape index (κ1) is 18.2. The van der Waals surface area contributed by atoms with Gasteiger partial charge in [-0.1, -0.05) is 13.8 Å². The smallest absolute Gasteiger partial charge is 0.293 e. The van der Waals surface area contributed by atoms with Crippen LogP contribution in [0.15, 0.2) is 40.0 Å². The normalized spacial score (nSPS) is 17.5. The Morgan fingerprint density at radius 3 is 3.04 bits per heavy atom. The lowest BCUT2D eigenvalue weighted by molar-refractivity contribution is 0.0918. The topological polar surface area (TPSA) is 80.4 Å². The molecule has 26 heavy (non-hydrogen) atoms. The number of nitrogens with one attached hydrogen (secondary N) is 1. The van der Waals surface area contributed by atoms with Crippen LogP contribution in [-0.2, 0) is 6.54 Å². The second-order valence-electron chi connectivity index (χ2n) is 7.24. The average molecular weight is 358 g/mol. The van der Waals surface area contributed by atoms with Gasteiger partial charge in [0.2, 0.25) is 0 Å². The first-order chi connectivity index (χ1) is 12.5. The number of carbonyl (C=O) groups is 1. The molecule has 0 radical (unpaired) electrons. The Morgan fingerprint density at radius 2 is 2.31 bits per heavy atom. The number of amides is 1. The van der Waals surface area contributed by atoms with Crippen molar-refractivity contribution in [3.8, 4) is 0 Å². The van der Waals surface area contributed by atoms with Crippen LogP contribution in [0.2, 0.25) is 0 Å². The van der Waals surface area contributed by atoms with E-state index >= 15 is 0 Å². The van der Waals surface area contributed by atoms with E-state index in [0.29, 0.717) is 37.1 Å². The van der Waals surface area contributed by atoms with Gasteiger partial charge >= 0.3 is 0 Å². The van der Waals surface area contributed by atoms with E-state index in [1.165, 1.54) is 6.26 Å². The molecule has 0 bridgehead atoms. The van der Waals surface area contributed by atoms with Crippen LogP contribution in [-0.4, -0.2) is 35.1 Å². The number of hydrogen-bond acceptors (Lipinski definition) is 5. The molecule has 3 rings (SSSR count). The Labute approximate surface area is 153 Å². The van der Waals surface area contributed by atoms with E-state index in [1.807, 2.05) is 4.90 Å². The summed E-state index contributed by atoms with van der Waals surface area (Å²) in [7, 11) is 0. The molecule has 7 heteroatoms. The van der Waals surface area contributed by atoms with Crippen LogP contribution >= 0.6 is 0 Å². The molecular weight excluding hydrogens is 332 g/mol. The SMILES string of the molecule is CC(C)Cn1ccnc(N2CCCC(CNC(=O)c3ccco3)C2)c1=O. The monoisotopic (exact) mass is 358 g/mol. The van der Waals surface area contributed by atoms with E-state index in [9.17, 15) is 9.59 Å². The minimum atomic E-state index is -0.204. The lowest BCUT2D eigenvalue weighted by Crippen LogP contribution is -2.44. The Bertz CT molecular complexity index is 782. The summed E-state index contributed by atoms with van der Waals surface area (Å²) in [6.45, 7) is 6.95. The highest BCUT2D eigenvalue weighted by atomic mass is 16.3. The van der Waals surface area contributed by atoms with Gasteiger partial charge < -0.3 is 19.2 Å². The number of hydrogen-bond donors (Lipinski definition) is 1. The zero-order valence-electron chi connectivity index (χ0n) is 15.4. The van der Waals surface area contributed by atoms with E-state index in [2.05, 4.69) is 24.1 Å². The van der Waals surface area contributed by atoms with Crippen LogP contribution in [0.1, 0.15) is 37.2 Å². The van der Waals surface area contributed by atoms with E-state index in [1.54, 1.807) is 29.1 Å². The van der Waals surface area contributed by atoms with Gasteiger partial charge in [-0.3, -0.25) is 9.59 Å². The van der Waals surface area contributed by atoms with Crippen LogP contribution in [0.4, 0.5) is 5.82 Å². The predicted octanol–water partition coefficient (Wildman–Crippen LogP) is 2.14. The van der Waals surface area contributed by atoms with Crippen molar-refractivity contribution in [3.05, 3.63) is 46.9 Å². The number of anilines is 1. The van der Waals surface area contributed by atoms with Crippen molar-refractivity contribution in [2.24, 2.45) is 11.8 Å². The molecule has 0 aliphatic carbocycles. The van der Waals surface area contributed by atoms with E-state index in [-0.39, 0.29) is 17.4 Å². The molecule has 7 nitrogen and oxygen atoms in total. The fraction of sp³-hybridized carbons (Fsp3) is 0.526. The maximum Gasteiger partial charge on any atom is 0.293 e. The van der Waals surface area contributed by atoms with Crippen molar-refractivity contribution in [2.75, 3.05) is 24.5 Å². The average Bonchev–Trinajstić information content (AvgIpc) is 3.16. The van der Waals surface area contributed by atoms with E-state index in [4.69, 9.17) is 4.42 Å². The Morgan fingerprint density at radius 1 is 1.46 bits per heavy atom. The Balaban J connectivity index is 1.63. The maximum absolute atomic E-state index is 12.7. The van der Waals surface area contributed by atoms with Gasteiger partial charge in [0.05, 0.1) is 6.26 Å². The number of aromatic nitrogens is 2. The number of rotatable bonds is 6. The molecule has 2 aromatic rings. The summed E-state index contributed by atoms with van der Waals surface area (Å²) in [5.41, 5.74) is -0.0403. The number of nitrogens with zero attached hydrogens (tertiary/aromatic N) is 3. The molecular formula is C19H26N4O3. The van der Waals surface area contributed by atoms with Crippen LogP contribution in [0, 0.1) is 11.8 Å². The zero-order chi connectivity index (χ0) is 18.5. The van der Waals surface area contributed by atoms with Gasteiger partial charge in [-0.05, 0) is 36.8 Å². The van der Waals surface area contributed by atoms with Crippen molar-refractivity contribution in [1.82, 2.24) is 14.9 Å². The second kappa shape index (κ2) is 8.21. The molecule has 1 aliphatic heterocycles. The molecule has 1 amide bonds. The number of furan rings is 1. The Hall–Kier alpha value is -2.57. The fourth-order valence-electron chi connectivity index (χ4n) is 3.35. The van der Waals surface area contributed by atoms with Gasteiger partial charge in [0.1, 0.15) is 0 Å². The molecule has 1 aliphatic rings. The molecule has 3 heterocycles. The van der Waals surface area contributed by atoms with Crippen molar-refractivity contribution >= 4 is 11.7 Å². The highest BCUT2D eigenvalue weighted by Crippen LogP contribution is 2.19. The van der Waals surface area contributed by atoms with Crippen molar-refractivity contribution in [3.63, 3.8) is 0 Å². The standard InChI is InChI=1S/C19H26N4O3/c1-14(2)12-23-9-7-20-17(19(23)25)22-8-3-5-15(13-22)11-21-18(24)16-6-4-10-26-16/h4,6-7,9-10,14-15H,3,5,8,11-13H2,1-2H3,(H,21,24). The minimum absolute atomic E-state index is 0.0403. The number of piperidine rings is 1. The Kier molecular flexibility index (Phi) is 5.75. The van der Waals surface area contributed by atoms with Crippen LogP contribution in [0.3, 0.4) is 0 Å². The molecule has 1 fully saturated rings. The molecule has 2 aromatic heterocycles. The van der Waals surface area contributed by atoms with Gasteiger partial charge in [-0.2, -0.15) is 0 Å². The summed E-state index contributed by atoms with van der Waals surface area (Å²) in [6, 6.07) is 3.34. The van der Waals surface area contributed by atoms with Crippen molar-refractivity contribution < 1.29 is 9.21 Å². The fourth-order valence-corrected chi connectivity index (χ4v) is 3.35. The van der Waals surface area contributed by atoms with Crippen LogP contribution in [0.25, 0.3) is 0 Å². The lowest BCUT2D eigenvalue weighted by Gasteiger charge is -2.33. The van der Waals surface area contributed by atoms with E-state index in [0.717, 1.165) is 19.4 Å². The zero-order valence-corrected chi connectivity index (χ0v) is 15.4. The first-order valence-electron chi connectivity index (χ1n) is 9.16. The molecule has 0 spiro atoms. The molecule has 1 unspecified atom stereocenters. The molecule has 1 saturated heterocycles. The third-order valence-electron chi connectivity index (χ3n) is 4.57. The third-order valence-corrected chi connectivity index (χ3v) is 4.57. The predicted molar refractivity (Wildman–Crippen MR) is 99.3 cm³/mol. The molecule has 140 valence electrons. The lowest BCUT2D eigenvalue weighted by atomic mass is 9.98. The summed E-state index contributed by atoms with van der Waals surface area (Å²) in [5.74, 6) is 1.30. The summed E-state index contributed by atoms with van der Waals surface area (Å²) in [6.07, 6.45) is 6.92. The highest BCUT2D eigenvalue weighted by molar-refractivity contribution is 5.91. The van der Waals surface area contributed by atoms with Crippen LogP contribution < -0.4 is 15.8 Å². The summed E-state index contributed by atoms with van der Waals surface area (Å²) >= 11 is 0. The summed E-state index contributed by atoms with van der Waals surface area (Å²) in [4.78, 5) is 31.1. The second-order valence-corrected chi connectivity index (χ2v) is 7.24. The quantitative estimate of drug-likeness (QED) is 0.856. The van der Waals surface area contributed by atoms with Gasteiger partial charge in [0.15, 0.2) is 11.6 Å².